The van der Waals surface area contributed by atoms with Crippen LogP contribution in [0.15, 0.2) is 54.9 Å². The van der Waals surface area contributed by atoms with Gasteiger partial charge in [-0.25, -0.2) is 4.98 Å². The molecule has 0 amide bonds. The van der Waals surface area contributed by atoms with Crippen LogP contribution in [-0.4, -0.2) is 27.7 Å². The number of carboxylic acids is 1. The van der Waals surface area contributed by atoms with E-state index in [-0.39, 0.29) is 0 Å². The molecule has 1 aliphatic carbocycles. The molecule has 0 atom stereocenters. The number of nitrogens with zero attached hydrogens (tertiary/aromatic N) is 2. The van der Waals surface area contributed by atoms with E-state index in [2.05, 4.69) is 34.6 Å². The van der Waals surface area contributed by atoms with E-state index in [1.54, 1.807) is 6.33 Å². The lowest BCUT2D eigenvalue weighted by Crippen LogP contribution is -2.19. The third-order valence-electron chi connectivity index (χ3n) is 5.26. The zero-order valence-electron chi connectivity index (χ0n) is 14.9. The SMILES string of the molecule is CNc1c(-c2ccc(-c3ccc(C4(C(=O)O)CC4)cc3)cc2)ncn1C. The minimum Gasteiger partial charge on any atom is -0.481 e. The summed E-state index contributed by atoms with van der Waals surface area (Å²) >= 11 is 0. The molecule has 2 N–H and O–H groups in total. The van der Waals surface area contributed by atoms with E-state index in [1.165, 1.54) is 0 Å². The molecule has 5 nitrogen and oxygen atoms in total. The summed E-state index contributed by atoms with van der Waals surface area (Å²) in [7, 11) is 3.85. The van der Waals surface area contributed by atoms with E-state index in [4.69, 9.17) is 0 Å². The number of imidazole rings is 1. The number of hydrogen-bond donors (Lipinski definition) is 2. The van der Waals surface area contributed by atoms with Crippen molar-refractivity contribution in [2.45, 2.75) is 18.3 Å². The van der Waals surface area contributed by atoms with Crippen molar-refractivity contribution in [2.75, 3.05) is 12.4 Å². The second-order valence-electron chi connectivity index (χ2n) is 6.84. The third-order valence-corrected chi connectivity index (χ3v) is 5.26. The van der Waals surface area contributed by atoms with Crippen LogP contribution in [0.4, 0.5) is 5.82 Å². The van der Waals surface area contributed by atoms with Crippen LogP contribution in [0.2, 0.25) is 0 Å². The topological polar surface area (TPSA) is 67.2 Å². The lowest BCUT2D eigenvalue weighted by Gasteiger charge is -2.11. The van der Waals surface area contributed by atoms with E-state index in [9.17, 15) is 9.90 Å². The van der Waals surface area contributed by atoms with Crippen molar-refractivity contribution in [3.63, 3.8) is 0 Å². The Labute approximate surface area is 152 Å². The average molecular weight is 347 g/mol. The molecule has 0 saturated heterocycles. The number of rotatable bonds is 5. The van der Waals surface area contributed by atoms with Gasteiger partial charge in [0.1, 0.15) is 11.5 Å². The van der Waals surface area contributed by atoms with Gasteiger partial charge in [-0.05, 0) is 29.5 Å². The van der Waals surface area contributed by atoms with Crippen LogP contribution in [0, 0.1) is 0 Å². The van der Waals surface area contributed by atoms with Crippen LogP contribution in [0.25, 0.3) is 22.4 Å². The number of anilines is 1. The van der Waals surface area contributed by atoms with Crippen LogP contribution in [0.3, 0.4) is 0 Å². The highest BCUT2D eigenvalue weighted by Crippen LogP contribution is 2.48. The lowest BCUT2D eigenvalue weighted by atomic mass is 9.93. The van der Waals surface area contributed by atoms with Crippen molar-refractivity contribution in [3.05, 3.63) is 60.4 Å². The van der Waals surface area contributed by atoms with Gasteiger partial charge >= 0.3 is 5.97 Å². The number of carbonyl (C=O) groups is 1. The second kappa shape index (κ2) is 6.02. The van der Waals surface area contributed by atoms with Crippen LogP contribution in [-0.2, 0) is 17.3 Å². The van der Waals surface area contributed by atoms with Gasteiger partial charge in [-0.15, -0.1) is 0 Å². The fourth-order valence-electron chi connectivity index (χ4n) is 3.49. The number of nitrogens with one attached hydrogen (secondary N) is 1. The van der Waals surface area contributed by atoms with E-state index < -0.39 is 11.4 Å². The summed E-state index contributed by atoms with van der Waals surface area (Å²) in [6.45, 7) is 0. The Hall–Kier alpha value is -3.08. The van der Waals surface area contributed by atoms with Crippen LogP contribution < -0.4 is 5.32 Å². The van der Waals surface area contributed by atoms with Gasteiger partial charge in [0.2, 0.25) is 0 Å². The summed E-state index contributed by atoms with van der Waals surface area (Å²) in [6, 6.07) is 16.2. The van der Waals surface area contributed by atoms with Gasteiger partial charge < -0.3 is 15.0 Å². The molecule has 1 fully saturated rings. The fraction of sp³-hybridized carbons (Fsp3) is 0.238. The van der Waals surface area contributed by atoms with Gasteiger partial charge in [0.25, 0.3) is 0 Å². The van der Waals surface area contributed by atoms with Gasteiger partial charge in [-0.3, -0.25) is 4.79 Å². The number of aromatic nitrogens is 2. The normalized spacial score (nSPS) is 14.8. The van der Waals surface area contributed by atoms with Gasteiger partial charge in [0, 0.05) is 19.7 Å². The zero-order chi connectivity index (χ0) is 18.3. The molecule has 1 aromatic heterocycles. The monoisotopic (exact) mass is 347 g/mol. The fourth-order valence-corrected chi connectivity index (χ4v) is 3.49. The Morgan fingerprint density at radius 2 is 1.58 bits per heavy atom. The summed E-state index contributed by atoms with van der Waals surface area (Å²) in [4.78, 5) is 15.9. The molecule has 132 valence electrons. The Kier molecular flexibility index (Phi) is 3.80. The Balaban J connectivity index is 1.60. The molecule has 3 aromatic rings. The molecule has 0 unspecified atom stereocenters. The zero-order valence-corrected chi connectivity index (χ0v) is 14.9. The van der Waals surface area contributed by atoms with Crippen molar-refractivity contribution < 1.29 is 9.90 Å². The summed E-state index contributed by atoms with van der Waals surface area (Å²) in [5, 5.41) is 12.6. The Bertz CT molecular complexity index is 952. The van der Waals surface area contributed by atoms with Gasteiger partial charge in [-0.2, -0.15) is 0 Å². The Morgan fingerprint density at radius 1 is 1.04 bits per heavy atom. The first-order chi connectivity index (χ1) is 12.5. The van der Waals surface area contributed by atoms with Crippen molar-refractivity contribution in [3.8, 4) is 22.4 Å². The molecule has 1 aliphatic rings. The molecule has 0 radical (unpaired) electrons. The molecule has 5 heteroatoms. The maximum atomic E-state index is 11.5. The molecule has 0 aliphatic heterocycles. The van der Waals surface area contributed by atoms with Crippen molar-refractivity contribution in [1.82, 2.24) is 9.55 Å². The summed E-state index contributed by atoms with van der Waals surface area (Å²) in [5.74, 6) is 0.260. The number of benzene rings is 2. The average Bonchev–Trinajstić information content (AvgIpc) is 3.40. The minimum absolute atomic E-state index is 0.648. The summed E-state index contributed by atoms with van der Waals surface area (Å²) < 4.78 is 1.96. The van der Waals surface area contributed by atoms with Crippen molar-refractivity contribution in [1.29, 1.82) is 0 Å². The van der Waals surface area contributed by atoms with Gasteiger partial charge in [0.05, 0.1) is 11.7 Å². The molecule has 4 rings (SSSR count). The highest BCUT2D eigenvalue weighted by atomic mass is 16.4. The number of hydrogen-bond acceptors (Lipinski definition) is 3. The first kappa shape index (κ1) is 16.4. The molecule has 0 bridgehead atoms. The maximum Gasteiger partial charge on any atom is 0.314 e. The molecule has 0 spiro atoms. The third kappa shape index (κ3) is 2.56. The molecular formula is C21H21N3O2. The summed E-state index contributed by atoms with van der Waals surface area (Å²) in [5.41, 5.74) is 4.41. The van der Waals surface area contributed by atoms with E-state index in [0.717, 1.165) is 46.6 Å². The highest BCUT2D eigenvalue weighted by Gasteiger charge is 2.51. The smallest absolute Gasteiger partial charge is 0.314 e. The van der Waals surface area contributed by atoms with Crippen LogP contribution in [0.1, 0.15) is 18.4 Å². The predicted molar refractivity (Wildman–Crippen MR) is 102 cm³/mol. The summed E-state index contributed by atoms with van der Waals surface area (Å²) in [6.07, 6.45) is 3.26. The first-order valence-electron chi connectivity index (χ1n) is 8.69. The predicted octanol–water partition coefficient (Wildman–Crippen LogP) is 3.91. The minimum atomic E-state index is -0.717. The van der Waals surface area contributed by atoms with E-state index >= 15 is 0 Å². The standard InChI is InChI=1S/C21H21N3O2/c1-22-19-18(23-13-24(19)2)16-5-3-14(4-6-16)15-7-9-17(10-8-15)21(11-12-21)20(25)26/h3-10,13,22H,11-12H2,1-2H3,(H,25,26). The quantitative estimate of drug-likeness (QED) is 0.734. The number of aliphatic carboxylic acids is 1. The Morgan fingerprint density at radius 3 is 2.08 bits per heavy atom. The first-order valence-corrected chi connectivity index (χ1v) is 8.69. The molecule has 2 aromatic carbocycles. The lowest BCUT2D eigenvalue weighted by molar-refractivity contribution is -0.140. The highest BCUT2D eigenvalue weighted by molar-refractivity contribution is 5.85. The van der Waals surface area contributed by atoms with E-state index in [1.807, 2.05) is 42.9 Å². The van der Waals surface area contributed by atoms with Gasteiger partial charge in [0.15, 0.2) is 0 Å². The second-order valence-corrected chi connectivity index (χ2v) is 6.84. The molecule has 26 heavy (non-hydrogen) atoms. The van der Waals surface area contributed by atoms with Crippen LogP contribution >= 0.6 is 0 Å². The number of aryl methyl sites for hydroxylation is 1. The maximum absolute atomic E-state index is 11.5. The van der Waals surface area contributed by atoms with E-state index in [0.29, 0.717) is 0 Å². The number of carboxylic acid groups (broad SMARTS) is 1. The largest absolute Gasteiger partial charge is 0.481 e. The van der Waals surface area contributed by atoms with Gasteiger partial charge in [-0.1, -0.05) is 48.5 Å². The van der Waals surface area contributed by atoms with Crippen molar-refractivity contribution >= 4 is 11.8 Å². The molecular weight excluding hydrogens is 326 g/mol. The molecule has 1 heterocycles. The van der Waals surface area contributed by atoms with Crippen LogP contribution in [0.5, 0.6) is 0 Å². The molecule has 1 saturated carbocycles. The van der Waals surface area contributed by atoms with Crippen molar-refractivity contribution in [2.24, 2.45) is 7.05 Å².